The smallest absolute Gasteiger partial charge is 0.313 e. The fourth-order valence-electron chi connectivity index (χ4n) is 2.81. The molecule has 0 amide bonds. The van der Waals surface area contributed by atoms with Gasteiger partial charge in [0.05, 0.1) is 0 Å². The molecular formula is C21H22N4O3. The number of aromatic nitrogens is 3. The summed E-state index contributed by atoms with van der Waals surface area (Å²) in [4.78, 5) is 24.5. The van der Waals surface area contributed by atoms with E-state index in [4.69, 9.17) is 4.74 Å². The highest BCUT2D eigenvalue weighted by Crippen LogP contribution is 2.38. The van der Waals surface area contributed by atoms with Crippen molar-refractivity contribution in [2.75, 3.05) is 5.32 Å². The highest BCUT2D eigenvalue weighted by Gasteiger charge is 2.36. The number of hydrogen-bond donors (Lipinski definition) is 2. The van der Waals surface area contributed by atoms with Crippen molar-refractivity contribution in [1.29, 1.82) is 0 Å². The molecule has 144 valence electrons. The molecule has 0 aliphatic rings. The predicted molar refractivity (Wildman–Crippen MR) is 106 cm³/mol. The average Bonchev–Trinajstić information content (AvgIpc) is 2.64. The van der Waals surface area contributed by atoms with Gasteiger partial charge in [-0.15, -0.1) is 0 Å². The summed E-state index contributed by atoms with van der Waals surface area (Å²) in [6.45, 7) is 5.55. The molecule has 0 aliphatic carbocycles. The van der Waals surface area contributed by atoms with Crippen molar-refractivity contribution in [3.63, 3.8) is 0 Å². The van der Waals surface area contributed by atoms with Gasteiger partial charge in [-0.25, -0.2) is 9.97 Å². The molecule has 7 nitrogen and oxygen atoms in total. The van der Waals surface area contributed by atoms with Gasteiger partial charge < -0.3 is 15.2 Å². The number of nitrogens with zero attached hydrogens (tertiary/aromatic N) is 3. The molecule has 7 heteroatoms. The third kappa shape index (κ3) is 4.62. The fourth-order valence-corrected chi connectivity index (χ4v) is 2.81. The van der Waals surface area contributed by atoms with Crippen molar-refractivity contribution < 1.29 is 14.6 Å². The number of carboxylic acid groups (broad SMARTS) is 1. The zero-order valence-electron chi connectivity index (χ0n) is 16.0. The lowest BCUT2D eigenvalue weighted by Gasteiger charge is -2.27. The number of rotatable bonds is 6. The summed E-state index contributed by atoms with van der Waals surface area (Å²) in [5.74, 6) is -0.349. The van der Waals surface area contributed by atoms with Crippen molar-refractivity contribution in [2.24, 2.45) is 5.41 Å². The average molecular weight is 378 g/mol. The number of hydrogen-bond acceptors (Lipinski definition) is 6. The van der Waals surface area contributed by atoms with Crippen molar-refractivity contribution in [2.45, 2.75) is 26.7 Å². The van der Waals surface area contributed by atoms with Crippen LogP contribution in [0.4, 0.5) is 11.5 Å². The number of ether oxygens (including phenoxy) is 1. The predicted octanol–water partition coefficient (Wildman–Crippen LogP) is 4.62. The summed E-state index contributed by atoms with van der Waals surface area (Å²) >= 11 is 0. The second-order valence-corrected chi connectivity index (χ2v) is 7.35. The van der Waals surface area contributed by atoms with Crippen molar-refractivity contribution in [3.05, 3.63) is 66.7 Å². The third-order valence-corrected chi connectivity index (χ3v) is 4.08. The molecule has 3 rings (SSSR count). The van der Waals surface area contributed by atoms with E-state index in [1.54, 1.807) is 18.3 Å². The van der Waals surface area contributed by atoms with Crippen LogP contribution in [0.1, 0.15) is 32.4 Å². The molecule has 0 spiro atoms. The van der Waals surface area contributed by atoms with E-state index in [2.05, 4.69) is 20.3 Å². The fraction of sp³-hybridized carbons (Fsp3) is 0.238. The Kier molecular flexibility index (Phi) is 5.54. The van der Waals surface area contributed by atoms with Crippen LogP contribution in [0.2, 0.25) is 0 Å². The molecule has 0 fully saturated rings. The van der Waals surface area contributed by atoms with Gasteiger partial charge in [-0.05, 0) is 41.8 Å². The number of benzene rings is 1. The maximum absolute atomic E-state index is 11.8. The summed E-state index contributed by atoms with van der Waals surface area (Å²) in [5, 5.41) is 12.9. The summed E-state index contributed by atoms with van der Waals surface area (Å²) in [5.41, 5.74) is 0.609. The number of nitrogens with one attached hydrogen (secondary N) is 1. The lowest BCUT2D eigenvalue weighted by Crippen LogP contribution is -2.27. The van der Waals surface area contributed by atoms with Gasteiger partial charge in [-0.1, -0.05) is 26.8 Å². The van der Waals surface area contributed by atoms with E-state index >= 15 is 0 Å². The van der Waals surface area contributed by atoms with Crippen LogP contribution in [-0.2, 0) is 4.79 Å². The van der Waals surface area contributed by atoms with Gasteiger partial charge in [0.2, 0.25) is 5.88 Å². The summed E-state index contributed by atoms with van der Waals surface area (Å²) in [6.07, 6.45) is 4.67. The molecule has 1 unspecified atom stereocenters. The van der Waals surface area contributed by atoms with E-state index in [9.17, 15) is 9.90 Å². The van der Waals surface area contributed by atoms with Gasteiger partial charge in [0.25, 0.3) is 0 Å². The Hall–Kier alpha value is -3.48. The molecule has 1 atom stereocenters. The van der Waals surface area contributed by atoms with Crippen LogP contribution in [0, 0.1) is 5.41 Å². The molecule has 0 bridgehead atoms. The third-order valence-electron chi connectivity index (χ3n) is 4.08. The summed E-state index contributed by atoms with van der Waals surface area (Å²) in [6, 6.07) is 12.9. The number of pyridine rings is 1. The molecule has 28 heavy (non-hydrogen) atoms. The van der Waals surface area contributed by atoms with E-state index in [0.29, 0.717) is 11.4 Å². The topological polar surface area (TPSA) is 97.2 Å². The molecule has 2 aromatic heterocycles. The van der Waals surface area contributed by atoms with Crippen molar-refractivity contribution in [3.8, 4) is 11.6 Å². The molecule has 2 heterocycles. The second-order valence-electron chi connectivity index (χ2n) is 7.35. The first-order chi connectivity index (χ1) is 13.3. The van der Waals surface area contributed by atoms with Crippen LogP contribution in [0.5, 0.6) is 11.6 Å². The minimum absolute atomic E-state index is 0.190. The minimum atomic E-state index is -0.965. The maximum Gasteiger partial charge on any atom is 0.313 e. The Morgan fingerprint density at radius 2 is 1.71 bits per heavy atom. The van der Waals surface area contributed by atoms with Crippen LogP contribution in [0.25, 0.3) is 0 Å². The number of carbonyl (C=O) groups is 1. The van der Waals surface area contributed by atoms with Gasteiger partial charge in [0.15, 0.2) is 0 Å². The summed E-state index contributed by atoms with van der Waals surface area (Å²) < 4.78 is 5.86. The number of anilines is 2. The molecule has 0 radical (unpaired) electrons. The van der Waals surface area contributed by atoms with Crippen molar-refractivity contribution >= 4 is 17.5 Å². The van der Waals surface area contributed by atoms with E-state index < -0.39 is 17.3 Å². The molecule has 0 aliphatic heterocycles. The highest BCUT2D eigenvalue weighted by molar-refractivity contribution is 5.77. The standard InChI is InChI=1S/C21H22N4O3/c1-21(2,3)17(20(26)27)18-19(24-13-12-23-18)28-15-9-7-14(8-10-15)25-16-6-4-5-11-22-16/h4-13,17H,1-3H3,(H,22,25)(H,26,27). The Labute approximate surface area is 163 Å². The monoisotopic (exact) mass is 378 g/mol. The molecule has 0 saturated heterocycles. The van der Waals surface area contributed by atoms with E-state index in [0.717, 1.165) is 11.5 Å². The number of aliphatic carboxylic acids is 1. The van der Waals surface area contributed by atoms with Crippen molar-refractivity contribution in [1.82, 2.24) is 15.0 Å². The molecule has 1 aromatic carbocycles. The van der Waals surface area contributed by atoms with Gasteiger partial charge in [0.1, 0.15) is 23.2 Å². The van der Waals surface area contributed by atoms with Gasteiger partial charge >= 0.3 is 5.97 Å². The lowest BCUT2D eigenvalue weighted by molar-refractivity contribution is -0.141. The molecular weight excluding hydrogens is 356 g/mol. The van der Waals surface area contributed by atoms with Crippen LogP contribution in [0.3, 0.4) is 0 Å². The summed E-state index contributed by atoms with van der Waals surface area (Å²) in [7, 11) is 0. The Bertz CT molecular complexity index is 938. The van der Waals surface area contributed by atoms with Crippen LogP contribution in [-0.4, -0.2) is 26.0 Å². The Morgan fingerprint density at radius 3 is 2.32 bits per heavy atom. The first-order valence-corrected chi connectivity index (χ1v) is 8.84. The molecule has 3 aromatic rings. The zero-order valence-corrected chi connectivity index (χ0v) is 16.0. The Balaban J connectivity index is 1.82. The van der Waals surface area contributed by atoms with E-state index in [-0.39, 0.29) is 5.88 Å². The lowest BCUT2D eigenvalue weighted by atomic mass is 9.78. The quantitative estimate of drug-likeness (QED) is 0.646. The Morgan fingerprint density at radius 1 is 1.00 bits per heavy atom. The van der Waals surface area contributed by atoms with E-state index in [1.807, 2.05) is 51.1 Å². The first kappa shape index (κ1) is 19.3. The zero-order chi connectivity index (χ0) is 20.1. The van der Waals surface area contributed by atoms with Crippen LogP contribution in [0.15, 0.2) is 61.1 Å². The van der Waals surface area contributed by atoms with Gasteiger partial charge in [-0.2, -0.15) is 0 Å². The SMILES string of the molecule is CC(C)(C)C(C(=O)O)c1nccnc1Oc1ccc(Nc2ccccn2)cc1. The molecule has 2 N–H and O–H groups in total. The normalized spacial score (nSPS) is 12.2. The highest BCUT2D eigenvalue weighted by atomic mass is 16.5. The van der Waals surface area contributed by atoms with E-state index in [1.165, 1.54) is 12.4 Å². The number of carboxylic acids is 1. The van der Waals surface area contributed by atoms with Crippen LogP contribution < -0.4 is 10.1 Å². The minimum Gasteiger partial charge on any atom is -0.481 e. The largest absolute Gasteiger partial charge is 0.481 e. The maximum atomic E-state index is 11.8. The second kappa shape index (κ2) is 8.04. The van der Waals surface area contributed by atoms with Gasteiger partial charge in [-0.3, -0.25) is 9.78 Å². The van der Waals surface area contributed by atoms with Crippen LogP contribution >= 0.6 is 0 Å². The van der Waals surface area contributed by atoms with Gasteiger partial charge in [0, 0.05) is 24.3 Å². The molecule has 0 saturated carbocycles. The first-order valence-electron chi connectivity index (χ1n) is 8.84.